The van der Waals surface area contributed by atoms with Gasteiger partial charge in [-0.2, -0.15) is 0 Å². The van der Waals surface area contributed by atoms with Crippen molar-refractivity contribution in [2.24, 2.45) is 5.92 Å². The van der Waals surface area contributed by atoms with Gasteiger partial charge in [0.05, 0.1) is 17.4 Å². The Bertz CT molecular complexity index is 620. The minimum atomic E-state index is -2.92. The molecule has 0 radical (unpaired) electrons. The Morgan fingerprint density at radius 2 is 2.21 bits per heavy atom. The molecule has 0 spiro atoms. The van der Waals surface area contributed by atoms with Crippen LogP contribution in [0.3, 0.4) is 0 Å². The number of imidazole rings is 1. The monoisotopic (exact) mass is 284 g/mol. The van der Waals surface area contributed by atoms with Gasteiger partial charge in [-0.15, -0.1) is 0 Å². The number of sulfone groups is 1. The molecule has 19 heavy (non-hydrogen) atoms. The maximum atomic E-state index is 11.5. The quantitative estimate of drug-likeness (QED) is 0.850. The summed E-state index contributed by atoms with van der Waals surface area (Å²) in [5.74, 6) is 0.0884. The molecule has 6 nitrogen and oxygen atoms in total. The number of aliphatic carboxylic acids is 1. The molecule has 2 aliphatic rings. The second kappa shape index (κ2) is 4.33. The van der Waals surface area contributed by atoms with E-state index in [0.717, 1.165) is 11.5 Å². The number of carbonyl (C=O) groups is 1. The van der Waals surface area contributed by atoms with Crippen molar-refractivity contribution in [3.8, 4) is 0 Å². The van der Waals surface area contributed by atoms with Gasteiger partial charge in [0.1, 0.15) is 5.82 Å². The molecular weight excluding hydrogens is 268 g/mol. The topological polar surface area (TPSA) is 89.3 Å². The van der Waals surface area contributed by atoms with Crippen molar-refractivity contribution in [2.75, 3.05) is 11.5 Å². The Kier molecular flexibility index (Phi) is 2.88. The van der Waals surface area contributed by atoms with Crippen LogP contribution in [0.1, 0.15) is 30.3 Å². The highest BCUT2D eigenvalue weighted by Crippen LogP contribution is 2.31. The number of hydrogen-bond acceptors (Lipinski definition) is 4. The lowest BCUT2D eigenvalue weighted by Gasteiger charge is -2.23. The molecule has 7 heteroatoms. The van der Waals surface area contributed by atoms with E-state index in [1.807, 2.05) is 4.57 Å². The molecule has 1 fully saturated rings. The molecule has 0 aliphatic carbocycles. The van der Waals surface area contributed by atoms with Crippen LogP contribution in [0.4, 0.5) is 0 Å². The van der Waals surface area contributed by atoms with E-state index < -0.39 is 15.8 Å². The van der Waals surface area contributed by atoms with E-state index in [-0.39, 0.29) is 23.3 Å². The maximum absolute atomic E-state index is 11.5. The van der Waals surface area contributed by atoms with E-state index in [4.69, 9.17) is 5.11 Å². The van der Waals surface area contributed by atoms with Gasteiger partial charge in [-0.3, -0.25) is 4.79 Å². The third-order valence-electron chi connectivity index (χ3n) is 4.07. The fourth-order valence-electron chi connectivity index (χ4n) is 3.02. The molecule has 104 valence electrons. The molecule has 3 rings (SSSR count). The normalized spacial score (nSPS) is 29.1. The molecule has 1 aromatic rings. The standard InChI is InChI=1S/C12H16N2O4S/c15-12(16)8-1-3-14-10(5-8)6-13-11(14)9-2-4-19(17,18)7-9/h6,8-9H,1-5,7H2,(H,15,16). The van der Waals surface area contributed by atoms with Crippen molar-refractivity contribution in [1.29, 1.82) is 0 Å². The van der Waals surface area contributed by atoms with Crippen LogP contribution in [-0.2, 0) is 27.6 Å². The van der Waals surface area contributed by atoms with E-state index in [1.54, 1.807) is 6.20 Å². The Hall–Kier alpha value is -1.37. The second-order valence-corrected chi connectivity index (χ2v) is 7.62. The first kappa shape index (κ1) is 12.7. The minimum Gasteiger partial charge on any atom is -0.481 e. The van der Waals surface area contributed by atoms with Gasteiger partial charge in [-0.1, -0.05) is 0 Å². The van der Waals surface area contributed by atoms with Gasteiger partial charge in [0.25, 0.3) is 0 Å². The summed E-state index contributed by atoms with van der Waals surface area (Å²) in [6.45, 7) is 0.623. The number of rotatable bonds is 2. The van der Waals surface area contributed by atoms with Crippen molar-refractivity contribution in [2.45, 2.75) is 31.7 Å². The molecule has 0 amide bonds. The highest BCUT2D eigenvalue weighted by Gasteiger charge is 2.34. The summed E-state index contributed by atoms with van der Waals surface area (Å²) in [5, 5.41) is 9.04. The van der Waals surface area contributed by atoms with Gasteiger partial charge >= 0.3 is 5.97 Å². The fourth-order valence-corrected chi connectivity index (χ4v) is 4.76. The zero-order chi connectivity index (χ0) is 13.6. The summed E-state index contributed by atoms with van der Waals surface area (Å²) < 4.78 is 25.1. The average Bonchev–Trinajstić information content (AvgIpc) is 2.91. The molecule has 2 unspecified atom stereocenters. The zero-order valence-corrected chi connectivity index (χ0v) is 11.3. The SMILES string of the molecule is O=C(O)C1CCn2c(cnc2C2CCS(=O)(=O)C2)C1. The van der Waals surface area contributed by atoms with Crippen molar-refractivity contribution < 1.29 is 18.3 Å². The number of carboxylic acids is 1. The first-order chi connectivity index (χ1) is 8.96. The summed E-state index contributed by atoms with van der Waals surface area (Å²) in [4.78, 5) is 15.3. The van der Waals surface area contributed by atoms with Crippen LogP contribution in [0, 0.1) is 5.92 Å². The van der Waals surface area contributed by atoms with Crippen LogP contribution in [-0.4, -0.2) is 40.6 Å². The molecule has 0 bridgehead atoms. The Morgan fingerprint density at radius 1 is 1.42 bits per heavy atom. The first-order valence-corrected chi connectivity index (χ1v) is 8.26. The highest BCUT2D eigenvalue weighted by atomic mass is 32.2. The van der Waals surface area contributed by atoms with Crippen molar-refractivity contribution in [3.63, 3.8) is 0 Å². The summed E-state index contributed by atoms with van der Waals surface area (Å²) in [6, 6.07) is 0. The third kappa shape index (κ3) is 2.27. The molecule has 1 N–H and O–H groups in total. The number of fused-ring (bicyclic) bond motifs is 1. The largest absolute Gasteiger partial charge is 0.481 e. The maximum Gasteiger partial charge on any atom is 0.306 e. The third-order valence-corrected chi connectivity index (χ3v) is 5.84. The fraction of sp³-hybridized carbons (Fsp3) is 0.667. The van der Waals surface area contributed by atoms with E-state index in [9.17, 15) is 13.2 Å². The van der Waals surface area contributed by atoms with Crippen LogP contribution >= 0.6 is 0 Å². The molecule has 2 atom stereocenters. The first-order valence-electron chi connectivity index (χ1n) is 6.44. The van der Waals surface area contributed by atoms with Crippen LogP contribution in [0.5, 0.6) is 0 Å². The highest BCUT2D eigenvalue weighted by molar-refractivity contribution is 7.91. The Balaban J connectivity index is 1.86. The van der Waals surface area contributed by atoms with Crippen LogP contribution in [0.2, 0.25) is 0 Å². The van der Waals surface area contributed by atoms with Gasteiger partial charge in [0.2, 0.25) is 0 Å². The number of hydrogen-bond donors (Lipinski definition) is 1. The predicted molar refractivity (Wildman–Crippen MR) is 67.7 cm³/mol. The van der Waals surface area contributed by atoms with E-state index in [2.05, 4.69) is 4.98 Å². The van der Waals surface area contributed by atoms with Crippen molar-refractivity contribution in [3.05, 3.63) is 17.7 Å². The van der Waals surface area contributed by atoms with E-state index >= 15 is 0 Å². The Morgan fingerprint density at radius 3 is 2.84 bits per heavy atom. The molecule has 1 saturated heterocycles. The molecule has 2 aliphatic heterocycles. The van der Waals surface area contributed by atoms with Crippen LogP contribution < -0.4 is 0 Å². The zero-order valence-electron chi connectivity index (χ0n) is 10.4. The van der Waals surface area contributed by atoms with Crippen LogP contribution in [0.25, 0.3) is 0 Å². The lowest BCUT2D eigenvalue weighted by atomic mass is 9.96. The minimum absolute atomic E-state index is 0.0277. The van der Waals surface area contributed by atoms with Gasteiger partial charge in [-0.25, -0.2) is 13.4 Å². The lowest BCUT2D eigenvalue weighted by molar-refractivity contribution is -0.142. The number of carboxylic acid groups (broad SMARTS) is 1. The van der Waals surface area contributed by atoms with Crippen LogP contribution in [0.15, 0.2) is 6.20 Å². The molecule has 0 saturated carbocycles. The molecular formula is C12H16N2O4S. The summed E-state index contributed by atoms with van der Waals surface area (Å²) in [7, 11) is -2.92. The Labute approximate surface area is 111 Å². The molecule has 3 heterocycles. The molecule has 0 aromatic carbocycles. The smallest absolute Gasteiger partial charge is 0.306 e. The summed E-state index contributed by atoms with van der Waals surface area (Å²) >= 11 is 0. The van der Waals surface area contributed by atoms with E-state index in [1.165, 1.54) is 0 Å². The van der Waals surface area contributed by atoms with Gasteiger partial charge in [0, 0.05) is 30.8 Å². The van der Waals surface area contributed by atoms with Gasteiger partial charge in [0.15, 0.2) is 9.84 Å². The predicted octanol–water partition coefficient (Wildman–Crippen LogP) is 0.432. The van der Waals surface area contributed by atoms with Crippen molar-refractivity contribution in [1.82, 2.24) is 9.55 Å². The lowest BCUT2D eigenvalue weighted by Crippen LogP contribution is -2.26. The summed E-state index contributed by atoms with van der Waals surface area (Å²) in [6.07, 6.45) is 3.41. The van der Waals surface area contributed by atoms with Gasteiger partial charge < -0.3 is 9.67 Å². The number of nitrogens with zero attached hydrogens (tertiary/aromatic N) is 2. The van der Waals surface area contributed by atoms with Crippen molar-refractivity contribution >= 4 is 15.8 Å². The average molecular weight is 284 g/mol. The molecule has 1 aromatic heterocycles. The summed E-state index contributed by atoms with van der Waals surface area (Å²) in [5.41, 5.74) is 0.915. The van der Waals surface area contributed by atoms with Gasteiger partial charge in [-0.05, 0) is 12.8 Å². The second-order valence-electron chi connectivity index (χ2n) is 5.39. The number of aromatic nitrogens is 2. The van der Waals surface area contributed by atoms with E-state index in [0.29, 0.717) is 25.8 Å².